The molecule has 0 spiro atoms. The predicted octanol–water partition coefficient (Wildman–Crippen LogP) is 2.49. The zero-order chi connectivity index (χ0) is 13.8. The van der Waals surface area contributed by atoms with Crippen molar-refractivity contribution in [2.45, 2.75) is 6.54 Å². The molecule has 0 bridgehead atoms. The standard InChI is InChI=1S/C11H8Cl2N4O2/c12-9-15-10(13)17-11(16-9)14-5-6-1-3-7(4-2-6)8(18)19/h1-4H,5H2,(H,18,19)(H,14,15,16,17). The largest absolute Gasteiger partial charge is 0.478 e. The molecule has 0 atom stereocenters. The van der Waals surface area contributed by atoms with Crippen LogP contribution in [0.4, 0.5) is 5.95 Å². The summed E-state index contributed by atoms with van der Waals surface area (Å²) >= 11 is 11.3. The predicted molar refractivity (Wildman–Crippen MR) is 70.6 cm³/mol. The summed E-state index contributed by atoms with van der Waals surface area (Å²) in [6.07, 6.45) is 0. The Balaban J connectivity index is 2.03. The van der Waals surface area contributed by atoms with Gasteiger partial charge in [0.05, 0.1) is 5.56 Å². The molecule has 0 saturated heterocycles. The topological polar surface area (TPSA) is 88.0 Å². The highest BCUT2D eigenvalue weighted by molar-refractivity contribution is 6.31. The van der Waals surface area contributed by atoms with Gasteiger partial charge in [0, 0.05) is 6.54 Å². The normalized spacial score (nSPS) is 10.2. The van der Waals surface area contributed by atoms with Crippen LogP contribution in [0.5, 0.6) is 0 Å². The van der Waals surface area contributed by atoms with Crippen LogP contribution in [0.2, 0.25) is 10.6 Å². The van der Waals surface area contributed by atoms with Crippen LogP contribution in [0.25, 0.3) is 0 Å². The van der Waals surface area contributed by atoms with Gasteiger partial charge in [-0.2, -0.15) is 15.0 Å². The number of nitrogens with zero attached hydrogens (tertiary/aromatic N) is 3. The Morgan fingerprint density at radius 2 is 1.68 bits per heavy atom. The van der Waals surface area contributed by atoms with Gasteiger partial charge in [-0.25, -0.2) is 4.79 Å². The number of carboxylic acid groups (broad SMARTS) is 1. The smallest absolute Gasteiger partial charge is 0.335 e. The van der Waals surface area contributed by atoms with E-state index in [2.05, 4.69) is 20.3 Å². The van der Waals surface area contributed by atoms with E-state index in [1.165, 1.54) is 12.1 Å². The molecule has 0 unspecified atom stereocenters. The van der Waals surface area contributed by atoms with Crippen LogP contribution in [-0.2, 0) is 6.54 Å². The Morgan fingerprint density at radius 1 is 1.11 bits per heavy atom. The zero-order valence-corrected chi connectivity index (χ0v) is 11.0. The van der Waals surface area contributed by atoms with E-state index >= 15 is 0 Å². The summed E-state index contributed by atoms with van der Waals surface area (Å²) in [7, 11) is 0. The van der Waals surface area contributed by atoms with Crippen LogP contribution in [0.15, 0.2) is 24.3 Å². The number of halogens is 2. The molecule has 0 amide bonds. The van der Waals surface area contributed by atoms with Crippen LogP contribution in [0, 0.1) is 0 Å². The van der Waals surface area contributed by atoms with E-state index in [1.54, 1.807) is 12.1 Å². The number of anilines is 1. The third kappa shape index (κ3) is 3.77. The summed E-state index contributed by atoms with van der Waals surface area (Å²) in [6.45, 7) is 0.413. The second-order valence-electron chi connectivity index (χ2n) is 3.55. The molecule has 1 heterocycles. The number of hydrogen-bond donors (Lipinski definition) is 2. The molecular weight excluding hydrogens is 291 g/mol. The average molecular weight is 299 g/mol. The second kappa shape index (κ2) is 5.81. The Kier molecular flexibility index (Phi) is 4.13. The Labute approximate surface area is 118 Å². The monoisotopic (exact) mass is 298 g/mol. The Hall–Kier alpha value is -1.92. The minimum atomic E-state index is -0.962. The fourth-order valence-electron chi connectivity index (χ4n) is 1.35. The maximum atomic E-state index is 10.7. The van der Waals surface area contributed by atoms with Crippen LogP contribution < -0.4 is 5.32 Å². The number of carbonyl (C=O) groups is 1. The summed E-state index contributed by atoms with van der Waals surface area (Å²) in [5, 5.41) is 11.7. The van der Waals surface area contributed by atoms with E-state index in [0.717, 1.165) is 5.56 Å². The maximum Gasteiger partial charge on any atom is 0.335 e. The quantitative estimate of drug-likeness (QED) is 0.901. The van der Waals surface area contributed by atoms with Gasteiger partial charge in [-0.3, -0.25) is 0 Å². The van der Waals surface area contributed by atoms with Gasteiger partial charge in [-0.05, 0) is 40.9 Å². The minimum Gasteiger partial charge on any atom is -0.478 e. The van der Waals surface area contributed by atoms with Gasteiger partial charge in [-0.1, -0.05) is 12.1 Å². The molecule has 2 aromatic rings. The summed E-state index contributed by atoms with van der Waals surface area (Å²) in [6, 6.07) is 6.43. The van der Waals surface area contributed by atoms with Crippen molar-refractivity contribution < 1.29 is 9.90 Å². The molecule has 6 nitrogen and oxygen atoms in total. The van der Waals surface area contributed by atoms with Gasteiger partial charge in [0.1, 0.15) is 0 Å². The van der Waals surface area contributed by atoms with Gasteiger partial charge in [0.25, 0.3) is 0 Å². The molecule has 1 aromatic carbocycles. The van der Waals surface area contributed by atoms with Crippen LogP contribution >= 0.6 is 23.2 Å². The number of carboxylic acids is 1. The zero-order valence-electron chi connectivity index (χ0n) is 9.47. The van der Waals surface area contributed by atoms with E-state index in [9.17, 15) is 4.79 Å². The van der Waals surface area contributed by atoms with Crippen molar-refractivity contribution in [1.82, 2.24) is 15.0 Å². The van der Waals surface area contributed by atoms with Gasteiger partial charge in [0.15, 0.2) is 0 Å². The minimum absolute atomic E-state index is 0.00345. The van der Waals surface area contributed by atoms with E-state index in [-0.39, 0.29) is 22.1 Å². The lowest BCUT2D eigenvalue weighted by atomic mass is 10.1. The molecule has 0 fully saturated rings. The molecule has 0 radical (unpaired) electrons. The van der Waals surface area contributed by atoms with Crippen molar-refractivity contribution in [3.05, 3.63) is 46.0 Å². The molecule has 2 rings (SSSR count). The van der Waals surface area contributed by atoms with Crippen molar-refractivity contribution in [3.8, 4) is 0 Å². The number of nitrogens with one attached hydrogen (secondary N) is 1. The lowest BCUT2D eigenvalue weighted by Gasteiger charge is -2.05. The lowest BCUT2D eigenvalue weighted by Crippen LogP contribution is -2.05. The lowest BCUT2D eigenvalue weighted by molar-refractivity contribution is 0.0697. The summed E-state index contributed by atoms with van der Waals surface area (Å²) in [5.74, 6) is -0.706. The Morgan fingerprint density at radius 3 is 2.21 bits per heavy atom. The van der Waals surface area contributed by atoms with Crippen molar-refractivity contribution in [2.24, 2.45) is 0 Å². The van der Waals surface area contributed by atoms with E-state index in [0.29, 0.717) is 6.54 Å². The first-order valence-electron chi connectivity index (χ1n) is 5.18. The van der Waals surface area contributed by atoms with E-state index in [1.807, 2.05) is 0 Å². The average Bonchev–Trinajstić information content (AvgIpc) is 2.36. The van der Waals surface area contributed by atoms with Crippen molar-refractivity contribution in [3.63, 3.8) is 0 Å². The highest BCUT2D eigenvalue weighted by Gasteiger charge is 2.04. The van der Waals surface area contributed by atoms with Gasteiger partial charge < -0.3 is 10.4 Å². The summed E-state index contributed by atoms with van der Waals surface area (Å²) in [4.78, 5) is 22.0. The third-order valence-corrected chi connectivity index (χ3v) is 2.57. The fraction of sp³-hybridized carbons (Fsp3) is 0.0909. The fourth-order valence-corrected chi connectivity index (χ4v) is 1.71. The number of hydrogen-bond acceptors (Lipinski definition) is 5. The van der Waals surface area contributed by atoms with Gasteiger partial charge in [0.2, 0.25) is 16.5 Å². The number of aromatic carboxylic acids is 1. The SMILES string of the molecule is O=C(O)c1ccc(CNc2nc(Cl)nc(Cl)n2)cc1. The van der Waals surface area contributed by atoms with Crippen LogP contribution in [-0.4, -0.2) is 26.0 Å². The molecule has 0 aliphatic carbocycles. The number of aromatic nitrogens is 3. The number of rotatable bonds is 4. The van der Waals surface area contributed by atoms with Gasteiger partial charge >= 0.3 is 5.97 Å². The molecule has 98 valence electrons. The molecule has 1 aromatic heterocycles. The summed E-state index contributed by atoms with van der Waals surface area (Å²) in [5.41, 5.74) is 1.10. The highest BCUT2D eigenvalue weighted by atomic mass is 35.5. The van der Waals surface area contributed by atoms with E-state index in [4.69, 9.17) is 28.3 Å². The highest BCUT2D eigenvalue weighted by Crippen LogP contribution is 2.11. The maximum absolute atomic E-state index is 10.7. The molecule has 0 aliphatic heterocycles. The molecule has 19 heavy (non-hydrogen) atoms. The Bertz CT molecular complexity index is 584. The van der Waals surface area contributed by atoms with E-state index < -0.39 is 5.97 Å². The molecule has 0 saturated carbocycles. The van der Waals surface area contributed by atoms with Crippen LogP contribution in [0.3, 0.4) is 0 Å². The molecule has 0 aliphatic rings. The number of benzene rings is 1. The first-order chi connectivity index (χ1) is 9.04. The third-order valence-electron chi connectivity index (χ3n) is 2.23. The van der Waals surface area contributed by atoms with Crippen molar-refractivity contribution >= 4 is 35.1 Å². The first kappa shape index (κ1) is 13.5. The summed E-state index contributed by atoms with van der Waals surface area (Å²) < 4.78 is 0. The second-order valence-corrected chi connectivity index (χ2v) is 4.23. The van der Waals surface area contributed by atoms with Gasteiger partial charge in [-0.15, -0.1) is 0 Å². The van der Waals surface area contributed by atoms with Crippen molar-refractivity contribution in [2.75, 3.05) is 5.32 Å². The molecular formula is C11H8Cl2N4O2. The van der Waals surface area contributed by atoms with Crippen LogP contribution in [0.1, 0.15) is 15.9 Å². The molecule has 8 heteroatoms. The molecule has 2 N–H and O–H groups in total. The van der Waals surface area contributed by atoms with Crippen molar-refractivity contribution in [1.29, 1.82) is 0 Å². The first-order valence-corrected chi connectivity index (χ1v) is 5.93.